The van der Waals surface area contributed by atoms with E-state index in [4.69, 9.17) is 15.2 Å². The van der Waals surface area contributed by atoms with Crippen molar-refractivity contribution in [3.05, 3.63) is 30.1 Å². The third-order valence-corrected chi connectivity index (χ3v) is 2.47. The van der Waals surface area contributed by atoms with E-state index in [1.807, 2.05) is 19.1 Å². The van der Waals surface area contributed by atoms with Gasteiger partial charge in [0.15, 0.2) is 0 Å². The molecule has 0 aliphatic heterocycles. The van der Waals surface area contributed by atoms with Crippen molar-refractivity contribution in [1.82, 2.24) is 4.98 Å². The molecule has 1 rings (SSSR count). The first-order valence-corrected chi connectivity index (χ1v) is 6.46. The van der Waals surface area contributed by atoms with Gasteiger partial charge in [-0.3, -0.25) is 4.98 Å². The largest absolute Gasteiger partial charge is 0.379 e. The van der Waals surface area contributed by atoms with Gasteiger partial charge in [0.05, 0.1) is 19.3 Å². The molecule has 18 heavy (non-hydrogen) atoms. The molecule has 4 nitrogen and oxygen atoms in total. The standard InChI is InChI=1S/C14H24N2O2/c1-11(2)10-17-7-8-18-14(12(3)15)13-5-4-6-16-9-13/h4-6,9,11-12,14H,7-8,10,15H2,1-3H3. The van der Waals surface area contributed by atoms with Gasteiger partial charge in [-0.05, 0) is 18.9 Å². The van der Waals surface area contributed by atoms with Crippen LogP contribution in [0.4, 0.5) is 0 Å². The van der Waals surface area contributed by atoms with Crippen LogP contribution in [-0.2, 0) is 9.47 Å². The molecule has 2 N–H and O–H groups in total. The van der Waals surface area contributed by atoms with Crippen LogP contribution >= 0.6 is 0 Å². The van der Waals surface area contributed by atoms with E-state index in [9.17, 15) is 0 Å². The number of pyridine rings is 1. The van der Waals surface area contributed by atoms with Crippen LogP contribution in [0.3, 0.4) is 0 Å². The fourth-order valence-corrected chi connectivity index (χ4v) is 1.65. The summed E-state index contributed by atoms with van der Waals surface area (Å²) in [7, 11) is 0. The van der Waals surface area contributed by atoms with Crippen molar-refractivity contribution in [2.75, 3.05) is 19.8 Å². The van der Waals surface area contributed by atoms with Gasteiger partial charge in [-0.1, -0.05) is 19.9 Å². The van der Waals surface area contributed by atoms with Gasteiger partial charge in [-0.2, -0.15) is 0 Å². The van der Waals surface area contributed by atoms with Crippen molar-refractivity contribution >= 4 is 0 Å². The van der Waals surface area contributed by atoms with Crippen LogP contribution in [0.1, 0.15) is 32.4 Å². The van der Waals surface area contributed by atoms with E-state index in [1.165, 1.54) is 0 Å². The number of nitrogens with two attached hydrogens (primary N) is 1. The molecule has 4 heteroatoms. The molecular weight excluding hydrogens is 228 g/mol. The zero-order valence-corrected chi connectivity index (χ0v) is 11.5. The van der Waals surface area contributed by atoms with Crippen LogP contribution in [0.15, 0.2) is 24.5 Å². The Bertz CT molecular complexity index is 315. The van der Waals surface area contributed by atoms with Crippen LogP contribution in [0, 0.1) is 5.92 Å². The van der Waals surface area contributed by atoms with Gasteiger partial charge in [0.25, 0.3) is 0 Å². The molecule has 0 saturated carbocycles. The minimum Gasteiger partial charge on any atom is -0.379 e. The average Bonchev–Trinajstić information content (AvgIpc) is 2.34. The minimum absolute atomic E-state index is 0.0701. The van der Waals surface area contributed by atoms with E-state index in [0.717, 1.165) is 12.2 Å². The Morgan fingerprint density at radius 3 is 2.61 bits per heavy atom. The van der Waals surface area contributed by atoms with Crippen molar-refractivity contribution in [3.8, 4) is 0 Å². The molecule has 0 bridgehead atoms. The Balaban J connectivity index is 2.36. The van der Waals surface area contributed by atoms with Gasteiger partial charge in [0, 0.05) is 30.6 Å². The molecule has 0 fully saturated rings. The number of rotatable bonds is 8. The lowest BCUT2D eigenvalue weighted by Crippen LogP contribution is -2.28. The van der Waals surface area contributed by atoms with Crippen LogP contribution in [-0.4, -0.2) is 30.8 Å². The van der Waals surface area contributed by atoms with E-state index in [0.29, 0.717) is 19.1 Å². The van der Waals surface area contributed by atoms with E-state index >= 15 is 0 Å². The average molecular weight is 252 g/mol. The van der Waals surface area contributed by atoms with Crippen molar-refractivity contribution in [3.63, 3.8) is 0 Å². The van der Waals surface area contributed by atoms with E-state index in [2.05, 4.69) is 18.8 Å². The van der Waals surface area contributed by atoms with Gasteiger partial charge in [-0.25, -0.2) is 0 Å². The van der Waals surface area contributed by atoms with Gasteiger partial charge in [0.1, 0.15) is 0 Å². The maximum Gasteiger partial charge on any atom is 0.0988 e. The molecule has 0 radical (unpaired) electrons. The lowest BCUT2D eigenvalue weighted by molar-refractivity contribution is -0.00970. The van der Waals surface area contributed by atoms with Crippen molar-refractivity contribution in [2.45, 2.75) is 32.9 Å². The van der Waals surface area contributed by atoms with Gasteiger partial charge in [0.2, 0.25) is 0 Å². The summed E-state index contributed by atoms with van der Waals surface area (Å²) < 4.78 is 11.3. The second kappa shape index (κ2) is 8.19. The molecule has 0 aliphatic carbocycles. The maximum absolute atomic E-state index is 5.94. The highest BCUT2D eigenvalue weighted by Gasteiger charge is 2.16. The van der Waals surface area contributed by atoms with Gasteiger partial charge >= 0.3 is 0 Å². The molecule has 0 amide bonds. The summed E-state index contributed by atoms with van der Waals surface area (Å²) in [5.74, 6) is 0.549. The molecule has 0 saturated heterocycles. The normalized spacial score (nSPS) is 14.7. The van der Waals surface area contributed by atoms with Crippen molar-refractivity contribution in [2.24, 2.45) is 11.7 Å². The zero-order valence-electron chi connectivity index (χ0n) is 11.5. The summed E-state index contributed by atoms with van der Waals surface area (Å²) in [5, 5.41) is 0. The van der Waals surface area contributed by atoms with Gasteiger partial charge in [-0.15, -0.1) is 0 Å². The van der Waals surface area contributed by atoms with Crippen LogP contribution < -0.4 is 5.73 Å². The summed E-state index contributed by atoms with van der Waals surface area (Å²) in [6, 6.07) is 3.80. The lowest BCUT2D eigenvalue weighted by atomic mass is 10.1. The van der Waals surface area contributed by atoms with Crippen molar-refractivity contribution in [1.29, 1.82) is 0 Å². The Kier molecular flexibility index (Phi) is 6.86. The van der Waals surface area contributed by atoms with E-state index < -0.39 is 0 Å². The van der Waals surface area contributed by atoms with Crippen LogP contribution in [0.2, 0.25) is 0 Å². The molecular formula is C14H24N2O2. The Hall–Kier alpha value is -0.970. The first-order chi connectivity index (χ1) is 8.61. The number of nitrogens with zero attached hydrogens (tertiary/aromatic N) is 1. The molecule has 0 spiro atoms. The smallest absolute Gasteiger partial charge is 0.0988 e. The SMILES string of the molecule is CC(C)COCCOC(c1cccnc1)C(C)N. The first-order valence-electron chi connectivity index (χ1n) is 6.46. The Morgan fingerprint density at radius 1 is 1.28 bits per heavy atom. The number of hydrogen-bond acceptors (Lipinski definition) is 4. The highest BCUT2D eigenvalue weighted by Crippen LogP contribution is 2.18. The zero-order chi connectivity index (χ0) is 13.4. The quantitative estimate of drug-likeness (QED) is 0.720. The third kappa shape index (κ3) is 5.58. The fraction of sp³-hybridized carbons (Fsp3) is 0.643. The molecule has 2 unspecified atom stereocenters. The summed E-state index contributed by atoms with van der Waals surface area (Å²) in [6.45, 7) is 8.10. The summed E-state index contributed by atoms with van der Waals surface area (Å²) in [5.41, 5.74) is 6.95. The number of ether oxygens (including phenoxy) is 2. The molecule has 2 atom stereocenters. The second-order valence-electron chi connectivity index (χ2n) is 4.91. The predicted octanol–water partition coefficient (Wildman–Crippen LogP) is 2.16. The Labute approximate surface area is 110 Å². The first kappa shape index (κ1) is 15.1. The minimum atomic E-state index is -0.124. The fourth-order valence-electron chi connectivity index (χ4n) is 1.65. The highest BCUT2D eigenvalue weighted by molar-refractivity contribution is 5.13. The molecule has 0 aliphatic rings. The van der Waals surface area contributed by atoms with Crippen LogP contribution in [0.25, 0.3) is 0 Å². The number of aromatic nitrogens is 1. The second-order valence-corrected chi connectivity index (χ2v) is 4.91. The molecule has 1 aromatic rings. The van der Waals surface area contributed by atoms with Crippen molar-refractivity contribution < 1.29 is 9.47 Å². The molecule has 102 valence electrons. The van der Waals surface area contributed by atoms with Gasteiger partial charge < -0.3 is 15.2 Å². The molecule has 0 aromatic carbocycles. The van der Waals surface area contributed by atoms with Crippen LogP contribution in [0.5, 0.6) is 0 Å². The summed E-state index contributed by atoms with van der Waals surface area (Å²) in [4.78, 5) is 4.09. The monoisotopic (exact) mass is 252 g/mol. The maximum atomic E-state index is 5.94. The highest BCUT2D eigenvalue weighted by atomic mass is 16.5. The molecule has 1 aromatic heterocycles. The third-order valence-electron chi connectivity index (χ3n) is 2.47. The number of hydrogen-bond donors (Lipinski definition) is 1. The van der Waals surface area contributed by atoms with E-state index in [-0.39, 0.29) is 12.1 Å². The predicted molar refractivity (Wildman–Crippen MR) is 72.2 cm³/mol. The Morgan fingerprint density at radius 2 is 2.06 bits per heavy atom. The lowest BCUT2D eigenvalue weighted by Gasteiger charge is -2.21. The topological polar surface area (TPSA) is 57.4 Å². The molecule has 1 heterocycles. The summed E-state index contributed by atoms with van der Waals surface area (Å²) in [6.07, 6.45) is 3.41. The van der Waals surface area contributed by atoms with E-state index in [1.54, 1.807) is 12.4 Å². The summed E-state index contributed by atoms with van der Waals surface area (Å²) >= 11 is 0.